The van der Waals surface area contributed by atoms with Gasteiger partial charge >= 0.3 is 0 Å². The predicted octanol–water partition coefficient (Wildman–Crippen LogP) is 5.20. The van der Waals surface area contributed by atoms with Crippen molar-refractivity contribution in [3.8, 4) is 0 Å². The van der Waals surface area contributed by atoms with Gasteiger partial charge in [-0.15, -0.1) is 0 Å². The lowest BCUT2D eigenvalue weighted by Gasteiger charge is -2.23. The summed E-state index contributed by atoms with van der Waals surface area (Å²) in [5, 5.41) is 4.32. The fourth-order valence-corrected chi connectivity index (χ4v) is 2.54. The quantitative estimate of drug-likeness (QED) is 0.835. The summed E-state index contributed by atoms with van der Waals surface area (Å²) in [5.74, 6) is 0. The minimum absolute atomic E-state index is 0.224. The van der Waals surface area contributed by atoms with Crippen LogP contribution < -0.4 is 10.2 Å². The Bertz CT molecular complexity index is 635. The third kappa shape index (κ3) is 3.70. The summed E-state index contributed by atoms with van der Waals surface area (Å²) in [7, 11) is 4.07. The molecule has 0 saturated heterocycles. The second-order valence-corrected chi connectivity index (χ2v) is 6.20. The Morgan fingerprint density at radius 1 is 1.00 bits per heavy atom. The van der Waals surface area contributed by atoms with Crippen LogP contribution in [0.15, 0.2) is 36.4 Å². The minimum Gasteiger partial charge on any atom is -0.377 e. The smallest absolute Gasteiger partial charge is 0.0598 e. The molecule has 2 aromatic rings. The lowest BCUT2D eigenvalue weighted by molar-refractivity contribution is 0.880. The molecule has 2 rings (SSSR count). The van der Waals surface area contributed by atoms with E-state index < -0.39 is 0 Å². The van der Waals surface area contributed by atoms with Gasteiger partial charge in [-0.3, -0.25) is 0 Å². The molecule has 1 unspecified atom stereocenters. The molecule has 0 amide bonds. The lowest BCUT2D eigenvalue weighted by Crippen LogP contribution is -2.14. The summed E-state index contributed by atoms with van der Waals surface area (Å²) < 4.78 is 0. The van der Waals surface area contributed by atoms with Crippen LogP contribution in [0.2, 0.25) is 5.02 Å². The van der Waals surface area contributed by atoms with Crippen molar-refractivity contribution in [2.75, 3.05) is 24.3 Å². The molecule has 0 bridgehead atoms. The summed E-state index contributed by atoms with van der Waals surface area (Å²) >= 11 is 6.14. The average molecular weight is 303 g/mol. The van der Waals surface area contributed by atoms with Gasteiger partial charge in [0, 0.05) is 25.2 Å². The summed E-state index contributed by atoms with van der Waals surface area (Å²) in [4.78, 5) is 2.09. The molecule has 0 radical (unpaired) electrons. The van der Waals surface area contributed by atoms with Crippen molar-refractivity contribution in [1.82, 2.24) is 0 Å². The van der Waals surface area contributed by atoms with E-state index >= 15 is 0 Å². The van der Waals surface area contributed by atoms with Crippen LogP contribution in [0.4, 0.5) is 11.4 Å². The van der Waals surface area contributed by atoms with Crippen LogP contribution in [0.1, 0.15) is 29.7 Å². The molecule has 0 aliphatic carbocycles. The van der Waals surface area contributed by atoms with Crippen molar-refractivity contribution in [2.45, 2.75) is 26.8 Å². The van der Waals surface area contributed by atoms with Gasteiger partial charge in [-0.2, -0.15) is 0 Å². The molecule has 3 heteroatoms. The molecule has 0 aliphatic rings. The summed E-state index contributed by atoms with van der Waals surface area (Å²) in [6, 6.07) is 12.8. The normalized spacial score (nSPS) is 12.1. The number of benzene rings is 2. The van der Waals surface area contributed by atoms with Gasteiger partial charge in [0.1, 0.15) is 0 Å². The van der Waals surface area contributed by atoms with Crippen LogP contribution in [0.5, 0.6) is 0 Å². The van der Waals surface area contributed by atoms with Gasteiger partial charge in [0.15, 0.2) is 0 Å². The van der Waals surface area contributed by atoms with E-state index in [-0.39, 0.29) is 6.04 Å². The molecule has 0 saturated carbocycles. The van der Waals surface area contributed by atoms with E-state index in [4.69, 9.17) is 11.6 Å². The zero-order valence-electron chi connectivity index (χ0n) is 13.4. The molecule has 1 atom stereocenters. The van der Waals surface area contributed by atoms with Crippen LogP contribution in [0, 0.1) is 13.8 Å². The third-order valence-corrected chi connectivity index (χ3v) is 4.08. The molecule has 2 aromatic carbocycles. The van der Waals surface area contributed by atoms with E-state index in [1.165, 1.54) is 16.7 Å². The lowest BCUT2D eigenvalue weighted by atomic mass is 10.0. The number of hydrogen-bond acceptors (Lipinski definition) is 2. The highest BCUT2D eigenvalue weighted by molar-refractivity contribution is 6.31. The van der Waals surface area contributed by atoms with E-state index in [0.29, 0.717) is 0 Å². The third-order valence-electron chi connectivity index (χ3n) is 3.84. The van der Waals surface area contributed by atoms with Gasteiger partial charge in [0.25, 0.3) is 0 Å². The highest BCUT2D eigenvalue weighted by atomic mass is 35.5. The Labute approximate surface area is 132 Å². The van der Waals surface area contributed by atoms with Crippen LogP contribution in [-0.4, -0.2) is 14.1 Å². The van der Waals surface area contributed by atoms with Crippen LogP contribution in [0.3, 0.4) is 0 Å². The summed E-state index contributed by atoms with van der Waals surface area (Å²) in [6.45, 7) is 6.46. The maximum Gasteiger partial charge on any atom is 0.0598 e. The molecule has 0 fully saturated rings. The van der Waals surface area contributed by atoms with E-state index in [9.17, 15) is 0 Å². The molecule has 112 valence electrons. The number of rotatable bonds is 4. The first kappa shape index (κ1) is 15.7. The number of anilines is 2. The molecule has 0 heterocycles. The molecular formula is C18H23ClN2. The molecule has 0 aromatic heterocycles. The molecule has 0 spiro atoms. The zero-order chi connectivity index (χ0) is 15.6. The Morgan fingerprint density at radius 3 is 2.33 bits per heavy atom. The molecule has 21 heavy (non-hydrogen) atoms. The van der Waals surface area contributed by atoms with Gasteiger partial charge in [-0.25, -0.2) is 0 Å². The van der Waals surface area contributed by atoms with Crippen molar-refractivity contribution in [2.24, 2.45) is 0 Å². The van der Waals surface area contributed by atoms with E-state index in [0.717, 1.165) is 16.4 Å². The monoisotopic (exact) mass is 302 g/mol. The van der Waals surface area contributed by atoms with Gasteiger partial charge in [-0.1, -0.05) is 29.8 Å². The fraction of sp³-hybridized carbons (Fsp3) is 0.333. The van der Waals surface area contributed by atoms with Crippen LogP contribution >= 0.6 is 11.6 Å². The van der Waals surface area contributed by atoms with Gasteiger partial charge in [0.2, 0.25) is 0 Å². The maximum atomic E-state index is 6.14. The highest BCUT2D eigenvalue weighted by Crippen LogP contribution is 2.31. The number of halogens is 1. The minimum atomic E-state index is 0.224. The predicted molar refractivity (Wildman–Crippen MR) is 93.7 cm³/mol. The highest BCUT2D eigenvalue weighted by Gasteiger charge is 2.11. The van der Waals surface area contributed by atoms with Gasteiger partial charge in [-0.05, 0) is 55.7 Å². The standard InChI is InChI=1S/C18H23ClN2/c1-12-6-7-15(10-13(12)2)14(3)20-17-11-16(19)8-9-18(17)21(4)5/h6-11,14,20H,1-5H3. The van der Waals surface area contributed by atoms with Crippen LogP contribution in [-0.2, 0) is 0 Å². The molecule has 2 nitrogen and oxygen atoms in total. The number of hydrogen-bond donors (Lipinski definition) is 1. The van der Waals surface area contributed by atoms with Crippen LogP contribution in [0.25, 0.3) is 0 Å². The summed E-state index contributed by atoms with van der Waals surface area (Å²) in [5.41, 5.74) is 6.11. The van der Waals surface area contributed by atoms with E-state index in [2.05, 4.69) is 49.2 Å². The van der Waals surface area contributed by atoms with E-state index in [1.807, 2.05) is 32.3 Å². The second-order valence-electron chi connectivity index (χ2n) is 5.77. The van der Waals surface area contributed by atoms with Crippen molar-refractivity contribution >= 4 is 23.0 Å². The Kier molecular flexibility index (Phi) is 4.79. The zero-order valence-corrected chi connectivity index (χ0v) is 14.1. The van der Waals surface area contributed by atoms with Gasteiger partial charge in [0.05, 0.1) is 11.4 Å². The Morgan fingerprint density at radius 2 is 1.71 bits per heavy atom. The SMILES string of the molecule is Cc1ccc(C(C)Nc2cc(Cl)ccc2N(C)C)cc1C. The number of aryl methyl sites for hydroxylation is 2. The largest absolute Gasteiger partial charge is 0.377 e. The van der Waals surface area contributed by atoms with Crippen molar-refractivity contribution in [1.29, 1.82) is 0 Å². The van der Waals surface area contributed by atoms with E-state index in [1.54, 1.807) is 0 Å². The summed E-state index contributed by atoms with van der Waals surface area (Å²) in [6.07, 6.45) is 0. The maximum absolute atomic E-state index is 6.14. The molecule has 0 aliphatic heterocycles. The Balaban J connectivity index is 2.28. The first-order valence-electron chi connectivity index (χ1n) is 7.19. The van der Waals surface area contributed by atoms with Crippen molar-refractivity contribution in [3.05, 3.63) is 58.1 Å². The van der Waals surface area contributed by atoms with Crippen molar-refractivity contribution in [3.63, 3.8) is 0 Å². The van der Waals surface area contributed by atoms with Gasteiger partial charge < -0.3 is 10.2 Å². The average Bonchev–Trinajstić information content (AvgIpc) is 2.41. The Hall–Kier alpha value is -1.67. The molecule has 1 N–H and O–H groups in total. The second kappa shape index (κ2) is 6.40. The number of nitrogens with one attached hydrogen (secondary N) is 1. The van der Waals surface area contributed by atoms with Crippen molar-refractivity contribution < 1.29 is 0 Å². The molecular weight excluding hydrogens is 280 g/mol. The first-order valence-corrected chi connectivity index (χ1v) is 7.57. The topological polar surface area (TPSA) is 15.3 Å². The first-order chi connectivity index (χ1) is 9.88. The number of nitrogens with zero attached hydrogens (tertiary/aromatic N) is 1. The fourth-order valence-electron chi connectivity index (χ4n) is 2.36.